The van der Waals surface area contributed by atoms with Crippen LogP contribution in [0, 0.1) is 0 Å². The molecule has 0 unspecified atom stereocenters. The molecule has 1 aromatic rings. The van der Waals surface area contributed by atoms with Gasteiger partial charge in [-0.3, -0.25) is 9.80 Å². The van der Waals surface area contributed by atoms with Crippen molar-refractivity contribution >= 4 is 0 Å². The van der Waals surface area contributed by atoms with Crippen LogP contribution in [0.4, 0.5) is 0 Å². The summed E-state index contributed by atoms with van der Waals surface area (Å²) < 4.78 is 5.82. The first-order valence-electron chi connectivity index (χ1n) is 10.8. The highest BCUT2D eigenvalue weighted by atomic mass is 16.5. The summed E-state index contributed by atoms with van der Waals surface area (Å²) in [5.74, 6) is 1.01. The molecule has 1 aliphatic rings. The Bertz CT molecular complexity index is 436. The van der Waals surface area contributed by atoms with E-state index in [0.29, 0.717) is 6.04 Å². The van der Waals surface area contributed by atoms with Crippen LogP contribution >= 0.6 is 0 Å². The first-order chi connectivity index (χ1) is 12.6. The third-order valence-corrected chi connectivity index (χ3v) is 4.73. The lowest BCUT2D eigenvalue weighted by Gasteiger charge is -2.36. The molecular weight excluding hydrogens is 320 g/mol. The van der Waals surface area contributed by atoms with E-state index in [0.717, 1.165) is 25.3 Å². The van der Waals surface area contributed by atoms with Crippen LogP contribution in [-0.2, 0) is 6.54 Å². The lowest BCUT2D eigenvalue weighted by Crippen LogP contribution is -2.48. The maximum absolute atomic E-state index is 5.82. The Morgan fingerprint density at radius 3 is 2.04 bits per heavy atom. The molecule has 3 heteroatoms. The van der Waals surface area contributed by atoms with Crippen LogP contribution in [0.2, 0.25) is 0 Å². The second kappa shape index (κ2) is 14.1. The summed E-state index contributed by atoms with van der Waals surface area (Å²) >= 11 is 0. The topological polar surface area (TPSA) is 15.7 Å². The third-order valence-electron chi connectivity index (χ3n) is 4.73. The molecule has 0 amide bonds. The van der Waals surface area contributed by atoms with Gasteiger partial charge in [0.1, 0.15) is 5.75 Å². The predicted molar refractivity (Wildman–Crippen MR) is 114 cm³/mol. The highest BCUT2D eigenvalue weighted by Gasteiger charge is 2.18. The first-order valence-corrected chi connectivity index (χ1v) is 10.8. The van der Waals surface area contributed by atoms with Gasteiger partial charge in [-0.1, -0.05) is 58.6 Å². The van der Waals surface area contributed by atoms with Crippen LogP contribution < -0.4 is 4.74 Å². The minimum absolute atomic E-state index is 0.672. The molecule has 0 spiro atoms. The Hall–Kier alpha value is -1.06. The summed E-state index contributed by atoms with van der Waals surface area (Å²) in [5.41, 5.74) is 1.39. The van der Waals surface area contributed by atoms with Crippen LogP contribution in [0.15, 0.2) is 24.3 Å². The van der Waals surface area contributed by atoms with Crippen LogP contribution in [0.1, 0.15) is 72.3 Å². The number of benzene rings is 1. The minimum atomic E-state index is 0.672. The smallest absolute Gasteiger partial charge is 0.119 e. The number of ether oxygens (including phenoxy) is 1. The zero-order chi connectivity index (χ0) is 19.2. The Balaban J connectivity index is 0.00000105. The molecule has 3 nitrogen and oxygen atoms in total. The van der Waals surface area contributed by atoms with Crippen molar-refractivity contribution in [2.75, 3.05) is 32.8 Å². The molecule has 0 aromatic heterocycles. The van der Waals surface area contributed by atoms with Gasteiger partial charge in [-0.15, -0.1) is 0 Å². The van der Waals surface area contributed by atoms with Gasteiger partial charge >= 0.3 is 0 Å². The Labute approximate surface area is 162 Å². The van der Waals surface area contributed by atoms with E-state index < -0.39 is 0 Å². The van der Waals surface area contributed by atoms with Crippen LogP contribution in [0.3, 0.4) is 0 Å². The normalized spacial score (nSPS) is 15.6. The molecule has 1 aromatic carbocycles. The van der Waals surface area contributed by atoms with Crippen molar-refractivity contribution in [1.82, 2.24) is 9.80 Å². The lowest BCUT2D eigenvalue weighted by molar-refractivity contribution is 0.104. The summed E-state index contributed by atoms with van der Waals surface area (Å²) in [6.45, 7) is 17.7. The van der Waals surface area contributed by atoms with E-state index in [1.807, 2.05) is 0 Å². The van der Waals surface area contributed by atoms with Crippen LogP contribution in [-0.4, -0.2) is 48.6 Å². The van der Waals surface area contributed by atoms with E-state index in [-0.39, 0.29) is 0 Å². The van der Waals surface area contributed by atoms with Crippen molar-refractivity contribution in [3.8, 4) is 5.75 Å². The summed E-state index contributed by atoms with van der Waals surface area (Å²) in [5, 5.41) is 0. The van der Waals surface area contributed by atoms with Gasteiger partial charge in [0.2, 0.25) is 0 Å². The second-order valence-electron chi connectivity index (χ2n) is 7.67. The monoisotopic (exact) mass is 362 g/mol. The van der Waals surface area contributed by atoms with E-state index in [1.165, 1.54) is 57.4 Å². The molecule has 0 aliphatic carbocycles. The van der Waals surface area contributed by atoms with E-state index >= 15 is 0 Å². The van der Waals surface area contributed by atoms with E-state index in [1.54, 1.807) is 0 Å². The Morgan fingerprint density at radius 2 is 1.50 bits per heavy atom. The highest BCUT2D eigenvalue weighted by Crippen LogP contribution is 2.16. The molecule has 1 heterocycles. The second-order valence-corrected chi connectivity index (χ2v) is 7.67. The van der Waals surface area contributed by atoms with Gasteiger partial charge < -0.3 is 4.74 Å². The van der Waals surface area contributed by atoms with E-state index in [9.17, 15) is 0 Å². The van der Waals surface area contributed by atoms with Gasteiger partial charge in [0.15, 0.2) is 0 Å². The van der Waals surface area contributed by atoms with Gasteiger partial charge in [-0.05, 0) is 38.0 Å². The summed E-state index contributed by atoms with van der Waals surface area (Å²) in [7, 11) is 0. The number of rotatable bonds is 9. The fourth-order valence-electron chi connectivity index (χ4n) is 3.11. The molecule has 1 aliphatic heterocycles. The molecule has 1 saturated heterocycles. The number of piperazine rings is 1. The van der Waals surface area contributed by atoms with Crippen molar-refractivity contribution in [2.45, 2.75) is 79.3 Å². The fourth-order valence-corrected chi connectivity index (χ4v) is 3.11. The molecule has 0 saturated carbocycles. The van der Waals surface area contributed by atoms with Crippen molar-refractivity contribution in [2.24, 2.45) is 0 Å². The van der Waals surface area contributed by atoms with E-state index in [4.69, 9.17) is 4.74 Å². The zero-order valence-corrected chi connectivity index (χ0v) is 18.0. The highest BCUT2D eigenvalue weighted by molar-refractivity contribution is 5.27. The van der Waals surface area contributed by atoms with Gasteiger partial charge in [-0.25, -0.2) is 0 Å². The average molecular weight is 363 g/mol. The van der Waals surface area contributed by atoms with Crippen LogP contribution in [0.25, 0.3) is 0 Å². The molecule has 150 valence electrons. The van der Waals surface area contributed by atoms with Crippen molar-refractivity contribution in [3.63, 3.8) is 0 Å². The van der Waals surface area contributed by atoms with Crippen molar-refractivity contribution in [1.29, 1.82) is 0 Å². The quantitative estimate of drug-likeness (QED) is 0.533. The van der Waals surface area contributed by atoms with Crippen molar-refractivity contribution < 1.29 is 4.74 Å². The molecule has 26 heavy (non-hydrogen) atoms. The van der Waals surface area contributed by atoms with Gasteiger partial charge in [0.25, 0.3) is 0 Å². The Morgan fingerprint density at radius 1 is 0.885 bits per heavy atom. The number of unbranched alkanes of at least 4 members (excludes halogenated alkanes) is 3. The molecular formula is C23H42N2O. The zero-order valence-electron chi connectivity index (χ0n) is 18.0. The molecule has 0 radical (unpaired) electrons. The van der Waals surface area contributed by atoms with Crippen LogP contribution in [0.5, 0.6) is 5.75 Å². The molecule has 0 atom stereocenters. The van der Waals surface area contributed by atoms with Crippen molar-refractivity contribution in [3.05, 3.63) is 29.8 Å². The van der Waals surface area contributed by atoms with E-state index in [2.05, 4.69) is 68.7 Å². The number of hydrogen-bond donors (Lipinski definition) is 0. The summed E-state index contributed by atoms with van der Waals surface area (Å²) in [4.78, 5) is 5.12. The summed E-state index contributed by atoms with van der Waals surface area (Å²) in [6.07, 6.45) is 6.28. The Kier molecular flexibility index (Phi) is 12.4. The van der Waals surface area contributed by atoms with Gasteiger partial charge in [0.05, 0.1) is 6.61 Å². The largest absolute Gasteiger partial charge is 0.494 e. The number of hydrogen-bond acceptors (Lipinski definition) is 3. The molecule has 0 N–H and O–H groups in total. The maximum Gasteiger partial charge on any atom is 0.119 e. The SMILES string of the molecule is CCC.CCCCCCOc1ccc(CN2CCN(C(C)C)CC2)cc1. The predicted octanol–water partition coefficient (Wildman–Crippen LogP) is 5.59. The molecule has 0 bridgehead atoms. The third kappa shape index (κ3) is 9.59. The van der Waals surface area contributed by atoms with Gasteiger partial charge in [0, 0.05) is 38.8 Å². The lowest BCUT2D eigenvalue weighted by atomic mass is 10.1. The maximum atomic E-state index is 5.82. The average Bonchev–Trinajstić information content (AvgIpc) is 2.64. The fraction of sp³-hybridized carbons (Fsp3) is 0.739. The standard InChI is InChI=1S/C20H34N2O.C3H8/c1-4-5-6-7-16-23-20-10-8-19(9-11-20)17-21-12-14-22(15-13-21)18(2)3;1-3-2/h8-11,18H,4-7,12-17H2,1-3H3;3H2,1-2H3. The summed E-state index contributed by atoms with van der Waals surface area (Å²) in [6, 6.07) is 9.36. The minimum Gasteiger partial charge on any atom is -0.494 e. The molecule has 2 rings (SSSR count). The molecule has 1 fully saturated rings. The van der Waals surface area contributed by atoms with Gasteiger partial charge in [-0.2, -0.15) is 0 Å². The number of nitrogens with zero attached hydrogens (tertiary/aromatic N) is 2. The first kappa shape index (κ1) is 23.0.